The van der Waals surface area contributed by atoms with Gasteiger partial charge in [0.25, 0.3) is 0 Å². The predicted octanol–water partition coefficient (Wildman–Crippen LogP) is 3.18. The summed E-state index contributed by atoms with van der Waals surface area (Å²) in [5, 5.41) is 3.31. The van der Waals surface area contributed by atoms with E-state index in [1.807, 2.05) is 37.4 Å². The molecular formula is C23H26N6O2S. The lowest BCUT2D eigenvalue weighted by atomic mass is 10.2. The Balaban J connectivity index is 1.58. The smallest absolute Gasteiger partial charge is 0.232 e. The van der Waals surface area contributed by atoms with Crippen molar-refractivity contribution in [3.63, 3.8) is 0 Å². The first-order valence-electron chi connectivity index (χ1n) is 10.4. The molecule has 1 aliphatic heterocycles. The van der Waals surface area contributed by atoms with Crippen molar-refractivity contribution in [3.8, 4) is 5.88 Å². The number of anilines is 2. The molecule has 0 unspecified atom stereocenters. The van der Waals surface area contributed by atoms with Gasteiger partial charge in [0.15, 0.2) is 5.78 Å². The number of Topliss-reactive ketones (excluding diaryl/α,β-unsaturated/α-hetero) is 1. The summed E-state index contributed by atoms with van der Waals surface area (Å²) in [6, 6.07) is 11.6. The molecular weight excluding hydrogens is 424 g/mol. The van der Waals surface area contributed by atoms with Crippen molar-refractivity contribution in [2.45, 2.75) is 35.8 Å². The second-order valence-electron chi connectivity index (χ2n) is 7.62. The van der Waals surface area contributed by atoms with Crippen LogP contribution < -0.4 is 20.7 Å². The lowest BCUT2D eigenvalue weighted by molar-refractivity contribution is 0.101. The third-order valence-corrected chi connectivity index (χ3v) is 6.31. The lowest BCUT2D eigenvalue weighted by Gasteiger charge is -2.18. The first kappa shape index (κ1) is 22.0. The molecule has 4 rings (SSSR count). The molecule has 0 amide bonds. The van der Waals surface area contributed by atoms with Crippen LogP contribution in [0.3, 0.4) is 0 Å². The molecule has 0 spiro atoms. The van der Waals surface area contributed by atoms with E-state index < -0.39 is 0 Å². The van der Waals surface area contributed by atoms with E-state index in [9.17, 15) is 4.79 Å². The van der Waals surface area contributed by atoms with Crippen LogP contribution in [0, 0.1) is 0 Å². The van der Waals surface area contributed by atoms with E-state index in [0.717, 1.165) is 34.9 Å². The molecule has 1 fully saturated rings. The number of ketones is 1. The monoisotopic (exact) mass is 450 g/mol. The number of carbonyl (C=O) groups excluding carboxylic acids is 1. The van der Waals surface area contributed by atoms with Gasteiger partial charge in [-0.1, -0.05) is 23.9 Å². The summed E-state index contributed by atoms with van der Waals surface area (Å²) in [5.74, 6) is 1.66. The van der Waals surface area contributed by atoms with Crippen molar-refractivity contribution in [1.82, 2.24) is 20.3 Å². The van der Waals surface area contributed by atoms with Gasteiger partial charge in [0.1, 0.15) is 12.4 Å². The third kappa shape index (κ3) is 5.35. The van der Waals surface area contributed by atoms with Gasteiger partial charge < -0.3 is 20.7 Å². The van der Waals surface area contributed by atoms with Crippen molar-refractivity contribution in [2.75, 3.05) is 30.8 Å². The van der Waals surface area contributed by atoms with Gasteiger partial charge in [-0.3, -0.25) is 4.79 Å². The summed E-state index contributed by atoms with van der Waals surface area (Å²) in [4.78, 5) is 28.9. The Bertz CT molecular complexity index is 1090. The molecule has 166 valence electrons. The Morgan fingerprint density at radius 2 is 2.09 bits per heavy atom. The number of nitrogens with one attached hydrogen (secondary N) is 1. The summed E-state index contributed by atoms with van der Waals surface area (Å²) in [5.41, 5.74) is 7.39. The highest BCUT2D eigenvalue weighted by Gasteiger charge is 2.24. The van der Waals surface area contributed by atoms with Crippen LogP contribution in [0.4, 0.5) is 11.8 Å². The number of ether oxygens (including phenoxy) is 1. The van der Waals surface area contributed by atoms with Gasteiger partial charge in [-0.2, -0.15) is 4.98 Å². The average Bonchev–Trinajstić information content (AvgIpc) is 3.28. The fraction of sp³-hybridized carbons (Fsp3) is 0.304. The Hall–Kier alpha value is -3.17. The highest BCUT2D eigenvalue weighted by molar-refractivity contribution is 7.99. The fourth-order valence-corrected chi connectivity index (χ4v) is 4.29. The molecule has 3 aromatic rings. The average molecular weight is 451 g/mol. The first-order valence-corrected chi connectivity index (χ1v) is 11.2. The Labute approximate surface area is 191 Å². The van der Waals surface area contributed by atoms with Gasteiger partial charge in [-0.15, -0.1) is 0 Å². The fourth-order valence-electron chi connectivity index (χ4n) is 3.47. The molecule has 1 aromatic carbocycles. The predicted molar refractivity (Wildman–Crippen MR) is 125 cm³/mol. The second-order valence-corrected chi connectivity index (χ2v) is 8.74. The summed E-state index contributed by atoms with van der Waals surface area (Å²) in [6.45, 7) is 3.63. The van der Waals surface area contributed by atoms with E-state index in [1.165, 1.54) is 11.8 Å². The Morgan fingerprint density at radius 1 is 1.28 bits per heavy atom. The van der Waals surface area contributed by atoms with E-state index in [1.54, 1.807) is 25.4 Å². The van der Waals surface area contributed by atoms with Crippen LogP contribution in [0.25, 0.3) is 0 Å². The van der Waals surface area contributed by atoms with Crippen molar-refractivity contribution in [1.29, 1.82) is 0 Å². The van der Waals surface area contributed by atoms with Crippen LogP contribution in [0.15, 0.2) is 58.6 Å². The maximum absolute atomic E-state index is 11.6. The molecule has 1 aliphatic rings. The Kier molecular flexibility index (Phi) is 6.87. The van der Waals surface area contributed by atoms with Crippen LogP contribution in [0.2, 0.25) is 0 Å². The van der Waals surface area contributed by atoms with Crippen molar-refractivity contribution in [2.24, 2.45) is 0 Å². The molecule has 0 radical (unpaired) electrons. The number of benzene rings is 1. The number of likely N-dealkylation sites (N-methyl/N-ethyl adjacent to an activating group) is 1. The molecule has 8 nitrogen and oxygen atoms in total. The number of hydrogen-bond acceptors (Lipinski definition) is 9. The maximum atomic E-state index is 11.6. The van der Waals surface area contributed by atoms with Crippen molar-refractivity contribution < 1.29 is 9.53 Å². The van der Waals surface area contributed by atoms with Crippen LogP contribution in [-0.2, 0) is 6.61 Å². The van der Waals surface area contributed by atoms with Gasteiger partial charge in [0, 0.05) is 35.8 Å². The SMILES string of the molecule is CN[C@@H]1CCN(c2ncc(Sc3ccc(C(C)=O)cc3)c(OCc3ccnc(N)c3)n2)C1. The topological polar surface area (TPSA) is 106 Å². The number of pyridine rings is 1. The van der Waals surface area contributed by atoms with Gasteiger partial charge >= 0.3 is 0 Å². The van der Waals surface area contributed by atoms with Gasteiger partial charge in [0.05, 0.1) is 11.1 Å². The molecule has 1 saturated heterocycles. The van der Waals surface area contributed by atoms with Crippen LogP contribution in [0.5, 0.6) is 5.88 Å². The van der Waals surface area contributed by atoms with E-state index in [-0.39, 0.29) is 5.78 Å². The molecule has 0 bridgehead atoms. The van der Waals surface area contributed by atoms with Crippen LogP contribution in [0.1, 0.15) is 29.3 Å². The zero-order valence-electron chi connectivity index (χ0n) is 18.1. The molecule has 0 saturated carbocycles. The summed E-state index contributed by atoms with van der Waals surface area (Å²) in [7, 11) is 1.97. The summed E-state index contributed by atoms with van der Waals surface area (Å²) >= 11 is 1.50. The number of aromatic nitrogens is 3. The minimum Gasteiger partial charge on any atom is -0.472 e. The standard InChI is InChI=1S/C23H26N6O2S/c1-15(30)17-3-5-19(6-4-17)32-20-12-27-23(29-10-8-18(13-29)25-2)28-22(20)31-14-16-7-9-26-21(24)11-16/h3-7,9,11-12,18,25H,8,10,13-14H2,1-2H3,(H2,24,26)/t18-/m1/s1. The normalized spacial score (nSPS) is 15.7. The van der Waals surface area contributed by atoms with Gasteiger partial charge in [-0.25, -0.2) is 9.97 Å². The highest BCUT2D eigenvalue weighted by atomic mass is 32.2. The second kappa shape index (κ2) is 9.97. The van der Waals surface area contributed by atoms with E-state index in [2.05, 4.69) is 20.2 Å². The number of nitrogens with zero attached hydrogens (tertiary/aromatic N) is 4. The molecule has 2 aromatic heterocycles. The van der Waals surface area contributed by atoms with Gasteiger partial charge in [0.2, 0.25) is 11.8 Å². The largest absolute Gasteiger partial charge is 0.472 e. The zero-order valence-corrected chi connectivity index (χ0v) is 18.9. The molecule has 0 aliphatic carbocycles. The van der Waals surface area contributed by atoms with Crippen LogP contribution in [-0.4, -0.2) is 46.9 Å². The number of hydrogen-bond donors (Lipinski definition) is 2. The number of rotatable bonds is 8. The highest BCUT2D eigenvalue weighted by Crippen LogP contribution is 2.35. The third-order valence-electron chi connectivity index (χ3n) is 5.30. The first-order chi connectivity index (χ1) is 15.5. The Morgan fingerprint density at radius 3 is 2.78 bits per heavy atom. The van der Waals surface area contributed by atoms with E-state index >= 15 is 0 Å². The summed E-state index contributed by atoms with van der Waals surface area (Å²) in [6.07, 6.45) is 4.51. The molecule has 3 heterocycles. The van der Waals surface area contributed by atoms with E-state index in [4.69, 9.17) is 15.5 Å². The summed E-state index contributed by atoms with van der Waals surface area (Å²) < 4.78 is 6.11. The molecule has 9 heteroatoms. The maximum Gasteiger partial charge on any atom is 0.232 e. The number of carbonyl (C=O) groups is 1. The van der Waals surface area contributed by atoms with E-state index in [0.29, 0.717) is 35.9 Å². The van der Waals surface area contributed by atoms with Crippen molar-refractivity contribution in [3.05, 3.63) is 59.9 Å². The van der Waals surface area contributed by atoms with Crippen LogP contribution >= 0.6 is 11.8 Å². The molecule has 32 heavy (non-hydrogen) atoms. The molecule has 1 atom stereocenters. The number of nitrogen functional groups attached to an aromatic ring is 1. The lowest BCUT2D eigenvalue weighted by Crippen LogP contribution is -2.30. The number of nitrogens with two attached hydrogens (primary N) is 1. The van der Waals surface area contributed by atoms with Crippen molar-refractivity contribution >= 4 is 29.3 Å². The molecule has 3 N–H and O–H groups in total. The minimum absolute atomic E-state index is 0.0420. The van der Waals surface area contributed by atoms with Gasteiger partial charge in [-0.05, 0) is 50.2 Å². The quantitative estimate of drug-likeness (QED) is 0.500. The zero-order chi connectivity index (χ0) is 22.5. The minimum atomic E-state index is 0.0420.